The van der Waals surface area contributed by atoms with Crippen molar-refractivity contribution < 1.29 is 23.9 Å². The van der Waals surface area contributed by atoms with E-state index in [1.807, 2.05) is 37.3 Å². The minimum Gasteiger partial charge on any atom is -0.490 e. The van der Waals surface area contributed by atoms with E-state index in [0.29, 0.717) is 49.8 Å². The molecule has 0 radical (unpaired) electrons. The van der Waals surface area contributed by atoms with Gasteiger partial charge in [-0.25, -0.2) is 0 Å². The van der Waals surface area contributed by atoms with E-state index in [1.54, 1.807) is 17.1 Å². The van der Waals surface area contributed by atoms with Crippen molar-refractivity contribution in [1.82, 2.24) is 9.80 Å². The van der Waals surface area contributed by atoms with E-state index < -0.39 is 11.1 Å². The first-order valence-electron chi connectivity index (χ1n) is 13.5. The van der Waals surface area contributed by atoms with E-state index in [1.165, 1.54) is 0 Å². The lowest BCUT2D eigenvalue weighted by molar-refractivity contribution is -0.135. The van der Waals surface area contributed by atoms with Crippen molar-refractivity contribution in [2.24, 2.45) is 0 Å². The lowest BCUT2D eigenvalue weighted by Gasteiger charge is -2.19. The number of thioether (sulfide) groups is 1. The fraction of sp³-hybridized carbons (Fsp3) is 0.281. The number of carbonyl (C=O) groups excluding carboxylic acids is 3. The van der Waals surface area contributed by atoms with Crippen LogP contribution in [-0.4, -0.2) is 53.1 Å². The van der Waals surface area contributed by atoms with Gasteiger partial charge in [-0.15, -0.1) is 6.58 Å². The fourth-order valence-corrected chi connectivity index (χ4v) is 5.90. The number of ether oxygens (including phenoxy) is 2. The fourth-order valence-electron chi connectivity index (χ4n) is 5.06. The van der Waals surface area contributed by atoms with Gasteiger partial charge in [-0.05, 0) is 78.1 Å². The van der Waals surface area contributed by atoms with Crippen LogP contribution in [0.2, 0.25) is 0 Å². The smallest absolute Gasteiger partial charge is 0.294 e. The Morgan fingerprint density at radius 1 is 1.02 bits per heavy atom. The summed E-state index contributed by atoms with van der Waals surface area (Å²) in [6.07, 6.45) is 5.89. The van der Waals surface area contributed by atoms with Gasteiger partial charge in [0, 0.05) is 18.7 Å². The quantitative estimate of drug-likeness (QED) is 0.219. The summed E-state index contributed by atoms with van der Waals surface area (Å²) < 4.78 is 12.3. The summed E-state index contributed by atoms with van der Waals surface area (Å²) in [5.41, 5.74) is 2.62. The number of fused-ring (bicyclic) bond motifs is 1. The summed E-state index contributed by atoms with van der Waals surface area (Å²) in [7, 11) is 0. The maximum Gasteiger partial charge on any atom is 0.294 e. The molecule has 2 fully saturated rings. The van der Waals surface area contributed by atoms with Gasteiger partial charge in [0.25, 0.3) is 11.1 Å². The molecule has 3 aromatic rings. The third-order valence-corrected chi connectivity index (χ3v) is 7.90. The molecule has 3 amide bonds. The van der Waals surface area contributed by atoms with Crippen LogP contribution in [0, 0.1) is 0 Å². The summed E-state index contributed by atoms with van der Waals surface area (Å²) in [5, 5.41) is 1.84. The molecule has 0 aromatic heterocycles. The van der Waals surface area contributed by atoms with Crippen molar-refractivity contribution in [2.45, 2.75) is 32.8 Å². The number of amides is 3. The maximum atomic E-state index is 13.1. The van der Waals surface area contributed by atoms with Gasteiger partial charge in [-0.2, -0.15) is 0 Å². The van der Waals surface area contributed by atoms with Crippen molar-refractivity contribution >= 4 is 45.7 Å². The van der Waals surface area contributed by atoms with Gasteiger partial charge in [-0.3, -0.25) is 19.3 Å². The van der Waals surface area contributed by atoms with Crippen LogP contribution in [0.1, 0.15) is 36.5 Å². The Balaban J connectivity index is 1.40. The van der Waals surface area contributed by atoms with E-state index >= 15 is 0 Å². The number of hydrogen-bond donors (Lipinski definition) is 0. The number of nitrogens with zero attached hydrogens (tertiary/aromatic N) is 2. The highest BCUT2D eigenvalue weighted by Crippen LogP contribution is 2.38. The zero-order valence-electron chi connectivity index (χ0n) is 22.6. The molecule has 0 bridgehead atoms. The van der Waals surface area contributed by atoms with E-state index in [4.69, 9.17) is 9.47 Å². The highest BCUT2D eigenvalue weighted by Gasteiger charge is 2.37. The van der Waals surface area contributed by atoms with Crippen LogP contribution in [0.4, 0.5) is 4.79 Å². The summed E-state index contributed by atoms with van der Waals surface area (Å²) in [4.78, 5) is 41.3. The SMILES string of the molecule is C=CCc1cc(/C=C2/SC(=O)N(CC(=O)N3CCCC3)C2=O)cc(OCC)c1OCc1cccc2ccccc12. The number of allylic oxidation sites excluding steroid dienone is 1. The molecule has 0 saturated carbocycles. The molecular weight excluding hydrogens is 524 g/mol. The van der Waals surface area contributed by atoms with Crippen LogP contribution < -0.4 is 9.47 Å². The van der Waals surface area contributed by atoms with E-state index in [-0.39, 0.29) is 17.4 Å². The van der Waals surface area contributed by atoms with Gasteiger partial charge in [-0.1, -0.05) is 48.5 Å². The Labute approximate surface area is 238 Å². The summed E-state index contributed by atoms with van der Waals surface area (Å²) in [6, 6.07) is 18.1. The number of likely N-dealkylation sites (tertiary alicyclic amines) is 1. The first-order valence-corrected chi connectivity index (χ1v) is 14.3. The highest BCUT2D eigenvalue weighted by molar-refractivity contribution is 8.18. The van der Waals surface area contributed by atoms with Crippen molar-refractivity contribution in [3.05, 3.63) is 88.8 Å². The normalized spacial score (nSPS) is 16.3. The molecule has 40 heavy (non-hydrogen) atoms. The topological polar surface area (TPSA) is 76.2 Å². The highest BCUT2D eigenvalue weighted by atomic mass is 32.2. The third-order valence-electron chi connectivity index (χ3n) is 6.99. The molecule has 3 aromatic carbocycles. The Morgan fingerprint density at radius 2 is 1.80 bits per heavy atom. The average molecular weight is 557 g/mol. The second-order valence-electron chi connectivity index (χ2n) is 9.72. The molecule has 2 saturated heterocycles. The molecule has 0 N–H and O–H groups in total. The molecule has 0 aliphatic carbocycles. The Bertz CT molecular complexity index is 1490. The molecule has 7 nitrogen and oxygen atoms in total. The molecular formula is C32H32N2O5S. The monoisotopic (exact) mass is 556 g/mol. The van der Waals surface area contributed by atoms with Crippen LogP contribution in [0.15, 0.2) is 72.2 Å². The van der Waals surface area contributed by atoms with Crippen LogP contribution in [0.5, 0.6) is 11.5 Å². The van der Waals surface area contributed by atoms with Gasteiger partial charge in [0.1, 0.15) is 13.2 Å². The van der Waals surface area contributed by atoms with Crippen LogP contribution in [0.3, 0.4) is 0 Å². The average Bonchev–Trinajstić information content (AvgIpc) is 3.58. The molecule has 8 heteroatoms. The van der Waals surface area contributed by atoms with Crippen LogP contribution in [0.25, 0.3) is 16.8 Å². The third kappa shape index (κ3) is 5.92. The van der Waals surface area contributed by atoms with Crippen molar-refractivity contribution in [2.75, 3.05) is 26.2 Å². The second kappa shape index (κ2) is 12.4. The lowest BCUT2D eigenvalue weighted by atomic mass is 10.0. The van der Waals surface area contributed by atoms with Crippen LogP contribution in [-0.2, 0) is 22.6 Å². The van der Waals surface area contributed by atoms with Gasteiger partial charge in [0.15, 0.2) is 11.5 Å². The maximum absolute atomic E-state index is 13.1. The number of carbonyl (C=O) groups is 3. The predicted octanol–water partition coefficient (Wildman–Crippen LogP) is 6.20. The molecule has 0 atom stereocenters. The van der Waals surface area contributed by atoms with E-state index in [2.05, 4.69) is 30.8 Å². The summed E-state index contributed by atoms with van der Waals surface area (Å²) >= 11 is 0.848. The second-order valence-corrected chi connectivity index (χ2v) is 10.7. The zero-order valence-corrected chi connectivity index (χ0v) is 23.4. The lowest BCUT2D eigenvalue weighted by Crippen LogP contribution is -2.40. The summed E-state index contributed by atoms with van der Waals surface area (Å²) in [5.74, 6) is 0.524. The molecule has 206 valence electrons. The van der Waals surface area contributed by atoms with E-state index in [0.717, 1.165) is 51.4 Å². The number of hydrogen-bond acceptors (Lipinski definition) is 6. The zero-order chi connectivity index (χ0) is 28.1. The molecule has 2 aliphatic rings. The molecule has 2 aliphatic heterocycles. The summed E-state index contributed by atoms with van der Waals surface area (Å²) in [6.45, 7) is 7.70. The predicted molar refractivity (Wildman–Crippen MR) is 158 cm³/mol. The van der Waals surface area contributed by atoms with Crippen molar-refractivity contribution in [3.63, 3.8) is 0 Å². The van der Waals surface area contributed by atoms with Gasteiger partial charge in [0.05, 0.1) is 11.5 Å². The minimum atomic E-state index is -0.456. The van der Waals surface area contributed by atoms with Crippen molar-refractivity contribution in [3.8, 4) is 11.5 Å². The molecule has 5 rings (SSSR count). The Morgan fingerprint density at radius 3 is 2.58 bits per heavy atom. The molecule has 0 spiro atoms. The van der Waals surface area contributed by atoms with Gasteiger partial charge in [0.2, 0.25) is 5.91 Å². The first kappa shape index (κ1) is 27.5. The van der Waals surface area contributed by atoms with Gasteiger partial charge >= 0.3 is 0 Å². The Kier molecular flexibility index (Phi) is 8.55. The van der Waals surface area contributed by atoms with Crippen LogP contribution >= 0.6 is 11.8 Å². The first-order chi connectivity index (χ1) is 19.5. The molecule has 0 unspecified atom stereocenters. The number of benzene rings is 3. The minimum absolute atomic E-state index is 0.194. The van der Waals surface area contributed by atoms with Gasteiger partial charge < -0.3 is 14.4 Å². The largest absolute Gasteiger partial charge is 0.490 e. The number of rotatable bonds is 10. The Hall–Kier alpha value is -4.04. The van der Waals surface area contributed by atoms with Crippen molar-refractivity contribution in [1.29, 1.82) is 0 Å². The molecule has 2 heterocycles. The standard InChI is InChI=1S/C32H32N2O5S/c1-3-10-24-17-22(19-28-31(36)34(32(37)40-28)20-29(35)33-15-7-8-16-33)18-27(38-4-2)30(24)39-21-25-13-9-12-23-11-5-6-14-26(23)25/h3,5-6,9,11-14,17-19H,1,4,7-8,10,15-16,20-21H2,2H3/b28-19+. The number of imide groups is 1. The van der Waals surface area contributed by atoms with E-state index in [9.17, 15) is 14.4 Å².